The maximum absolute atomic E-state index is 14.3. The van der Waals surface area contributed by atoms with Gasteiger partial charge in [-0.3, -0.25) is 0 Å². The van der Waals surface area contributed by atoms with E-state index < -0.39 is 0 Å². The Morgan fingerprint density at radius 2 is 2.05 bits per heavy atom. The first kappa shape index (κ1) is 16.0. The molecule has 1 aromatic carbocycles. The van der Waals surface area contributed by atoms with E-state index >= 15 is 0 Å². The van der Waals surface area contributed by atoms with Gasteiger partial charge in [-0.15, -0.1) is 0 Å². The minimum Gasteiger partial charge on any atom is -0.207 e. The Morgan fingerprint density at radius 1 is 1.38 bits per heavy atom. The van der Waals surface area contributed by atoms with Crippen molar-refractivity contribution in [1.29, 1.82) is 0 Å². The molecular formula is C20H27F. The van der Waals surface area contributed by atoms with Crippen LogP contribution in [0.1, 0.15) is 63.1 Å². The molecule has 1 fully saturated rings. The van der Waals surface area contributed by atoms with E-state index in [2.05, 4.69) is 33.9 Å². The van der Waals surface area contributed by atoms with E-state index in [4.69, 9.17) is 0 Å². The van der Waals surface area contributed by atoms with Gasteiger partial charge in [-0.2, -0.15) is 0 Å². The fraction of sp³-hybridized carbons (Fsp3) is 0.500. The lowest BCUT2D eigenvalue weighted by Gasteiger charge is -2.28. The number of hydrogen-bond acceptors (Lipinski definition) is 0. The lowest BCUT2D eigenvalue weighted by Crippen LogP contribution is -2.13. The number of halogens is 1. The van der Waals surface area contributed by atoms with Gasteiger partial charge in [0.2, 0.25) is 0 Å². The van der Waals surface area contributed by atoms with Gasteiger partial charge in [-0.1, -0.05) is 58.9 Å². The second kappa shape index (κ2) is 6.17. The monoisotopic (exact) mass is 286 g/mol. The van der Waals surface area contributed by atoms with Crippen molar-refractivity contribution in [2.24, 2.45) is 11.3 Å². The van der Waals surface area contributed by atoms with Crippen LogP contribution in [0.15, 0.2) is 25.3 Å². The lowest BCUT2D eigenvalue weighted by atomic mass is 9.77. The Bertz CT molecular complexity index is 547. The predicted octanol–water partition coefficient (Wildman–Crippen LogP) is 6.26. The van der Waals surface area contributed by atoms with E-state index in [1.54, 1.807) is 12.1 Å². The van der Waals surface area contributed by atoms with Crippen molar-refractivity contribution in [3.8, 4) is 0 Å². The van der Waals surface area contributed by atoms with Crippen LogP contribution in [-0.2, 0) is 6.42 Å². The third-order valence-electron chi connectivity index (χ3n) is 5.03. The smallest absolute Gasteiger partial charge is 0.127 e. The van der Waals surface area contributed by atoms with Crippen LogP contribution in [0.25, 0.3) is 11.6 Å². The van der Waals surface area contributed by atoms with Crippen molar-refractivity contribution >= 4 is 11.6 Å². The average Bonchev–Trinajstić information content (AvgIpc) is 3.28. The second-order valence-electron chi connectivity index (χ2n) is 6.89. The van der Waals surface area contributed by atoms with Crippen molar-refractivity contribution in [2.45, 2.75) is 52.9 Å². The van der Waals surface area contributed by atoms with Crippen LogP contribution < -0.4 is 0 Å². The molecule has 0 nitrogen and oxygen atoms in total. The van der Waals surface area contributed by atoms with Gasteiger partial charge in [0.05, 0.1) is 0 Å². The largest absolute Gasteiger partial charge is 0.207 e. The molecule has 1 aromatic rings. The zero-order valence-corrected chi connectivity index (χ0v) is 13.6. The van der Waals surface area contributed by atoms with Crippen LogP contribution in [0.2, 0.25) is 0 Å². The molecule has 0 atom stereocenters. The lowest BCUT2D eigenvalue weighted by molar-refractivity contribution is 0.482. The molecule has 1 heteroatoms. The molecule has 0 unspecified atom stereocenters. The van der Waals surface area contributed by atoms with E-state index in [0.29, 0.717) is 0 Å². The molecule has 0 heterocycles. The highest BCUT2D eigenvalue weighted by atomic mass is 19.1. The molecule has 0 radical (unpaired) electrons. The van der Waals surface area contributed by atoms with Gasteiger partial charge in [-0.25, -0.2) is 4.39 Å². The van der Waals surface area contributed by atoms with Gasteiger partial charge in [0.1, 0.15) is 5.82 Å². The highest BCUT2D eigenvalue weighted by molar-refractivity contribution is 5.77. The van der Waals surface area contributed by atoms with Crippen LogP contribution in [0.3, 0.4) is 0 Å². The summed E-state index contributed by atoms with van der Waals surface area (Å²) in [6.45, 7) is 14.7. The summed E-state index contributed by atoms with van der Waals surface area (Å²) >= 11 is 0. The summed E-state index contributed by atoms with van der Waals surface area (Å²) in [6.07, 6.45) is 7.33. The highest BCUT2D eigenvalue weighted by Gasteiger charge is 2.25. The molecule has 1 aliphatic carbocycles. The normalized spacial score (nSPS) is 15.0. The molecule has 0 bridgehead atoms. The van der Waals surface area contributed by atoms with Gasteiger partial charge in [0.15, 0.2) is 0 Å². The van der Waals surface area contributed by atoms with Crippen molar-refractivity contribution < 1.29 is 4.39 Å². The average molecular weight is 286 g/mol. The maximum Gasteiger partial charge on any atom is 0.127 e. The summed E-state index contributed by atoms with van der Waals surface area (Å²) in [4.78, 5) is 0. The quantitative estimate of drug-likeness (QED) is 0.555. The van der Waals surface area contributed by atoms with Crippen molar-refractivity contribution in [3.05, 3.63) is 47.8 Å². The zero-order chi connectivity index (χ0) is 15.6. The zero-order valence-electron chi connectivity index (χ0n) is 13.6. The number of rotatable bonds is 7. The Labute approximate surface area is 128 Å². The van der Waals surface area contributed by atoms with Gasteiger partial charge in [-0.05, 0) is 58.9 Å². The van der Waals surface area contributed by atoms with E-state index in [-0.39, 0.29) is 11.2 Å². The van der Waals surface area contributed by atoms with Crippen LogP contribution in [0.5, 0.6) is 0 Å². The Morgan fingerprint density at radius 3 is 2.57 bits per heavy atom. The summed E-state index contributed by atoms with van der Waals surface area (Å²) in [5, 5.41) is 0. The third kappa shape index (κ3) is 3.45. The maximum atomic E-state index is 14.3. The van der Waals surface area contributed by atoms with Crippen molar-refractivity contribution in [3.63, 3.8) is 0 Å². The summed E-state index contributed by atoms with van der Waals surface area (Å²) in [5.74, 6) is 0.706. The SMILES string of the molecule is C=Cc1c(C(=C)C(C)(C)CC)ccc(F)c1CCC1CC1. The first-order valence-corrected chi connectivity index (χ1v) is 8.04. The van der Waals surface area contributed by atoms with E-state index in [1.807, 2.05) is 6.07 Å². The molecule has 2 rings (SSSR count). The second-order valence-corrected chi connectivity index (χ2v) is 6.89. The summed E-state index contributed by atoms with van der Waals surface area (Å²) in [5.41, 5.74) is 3.92. The third-order valence-corrected chi connectivity index (χ3v) is 5.03. The minimum absolute atomic E-state index is 0.0172. The Hall–Kier alpha value is -1.37. The molecule has 114 valence electrons. The Balaban J connectivity index is 2.39. The standard InChI is InChI=1S/C20H27F/c1-6-16-17(14(3)20(4,5)7-2)12-13-19(21)18(16)11-10-15-8-9-15/h6,12-13,15H,1,3,7-11H2,2,4-5H3. The first-order chi connectivity index (χ1) is 9.90. The first-order valence-electron chi connectivity index (χ1n) is 8.04. The van der Waals surface area contributed by atoms with E-state index in [9.17, 15) is 4.39 Å². The molecule has 21 heavy (non-hydrogen) atoms. The fourth-order valence-corrected chi connectivity index (χ4v) is 2.72. The molecule has 0 aliphatic heterocycles. The van der Waals surface area contributed by atoms with Gasteiger partial charge in [0, 0.05) is 0 Å². The Kier molecular flexibility index (Phi) is 4.70. The van der Waals surface area contributed by atoms with E-state index in [1.165, 1.54) is 12.8 Å². The number of hydrogen-bond donors (Lipinski definition) is 0. The van der Waals surface area contributed by atoms with Gasteiger partial charge < -0.3 is 0 Å². The van der Waals surface area contributed by atoms with Crippen molar-refractivity contribution in [1.82, 2.24) is 0 Å². The molecule has 0 N–H and O–H groups in total. The van der Waals surface area contributed by atoms with E-state index in [0.717, 1.165) is 47.4 Å². The molecule has 1 saturated carbocycles. The highest BCUT2D eigenvalue weighted by Crippen LogP contribution is 2.40. The number of allylic oxidation sites excluding steroid dienone is 1. The summed E-state index contributed by atoms with van der Waals surface area (Å²) < 4.78 is 14.3. The summed E-state index contributed by atoms with van der Waals surface area (Å²) in [6, 6.07) is 3.47. The van der Waals surface area contributed by atoms with Crippen LogP contribution in [0, 0.1) is 17.2 Å². The molecular weight excluding hydrogens is 259 g/mol. The van der Waals surface area contributed by atoms with Crippen LogP contribution >= 0.6 is 0 Å². The van der Waals surface area contributed by atoms with Crippen LogP contribution in [-0.4, -0.2) is 0 Å². The van der Waals surface area contributed by atoms with Gasteiger partial charge in [0.25, 0.3) is 0 Å². The summed E-state index contributed by atoms with van der Waals surface area (Å²) in [7, 11) is 0. The minimum atomic E-state index is -0.101. The molecule has 1 aliphatic rings. The number of benzene rings is 1. The fourth-order valence-electron chi connectivity index (χ4n) is 2.72. The van der Waals surface area contributed by atoms with Crippen molar-refractivity contribution in [2.75, 3.05) is 0 Å². The van der Waals surface area contributed by atoms with Crippen LogP contribution in [0.4, 0.5) is 4.39 Å². The van der Waals surface area contributed by atoms with Gasteiger partial charge >= 0.3 is 0 Å². The predicted molar refractivity (Wildman–Crippen MR) is 90.6 cm³/mol. The topological polar surface area (TPSA) is 0 Å². The molecule has 0 aromatic heterocycles. The molecule has 0 amide bonds. The molecule has 0 saturated heterocycles. The molecule has 0 spiro atoms.